The molecule has 0 saturated heterocycles. The molecule has 0 aromatic heterocycles. The second kappa shape index (κ2) is 4.77. The second-order valence-electron chi connectivity index (χ2n) is 3.57. The maximum atomic E-state index is 10.2. The van der Waals surface area contributed by atoms with E-state index in [1.807, 2.05) is 0 Å². The molecule has 12 heavy (non-hydrogen) atoms. The molecule has 0 aliphatic rings. The van der Waals surface area contributed by atoms with Crippen molar-refractivity contribution in [2.45, 2.75) is 26.7 Å². The van der Waals surface area contributed by atoms with Crippen molar-refractivity contribution in [2.75, 3.05) is 0 Å². The summed E-state index contributed by atoms with van der Waals surface area (Å²) < 4.78 is 0. The van der Waals surface area contributed by atoms with E-state index in [4.69, 9.17) is 6.42 Å². The molecule has 0 N–H and O–H groups in total. The number of terminal acetylenes is 1. The van der Waals surface area contributed by atoms with Gasteiger partial charge in [-0.05, 0) is 11.8 Å². The minimum Gasteiger partial charge on any atom is -0.303 e. The van der Waals surface area contributed by atoms with Crippen LogP contribution in [0.25, 0.3) is 0 Å². The Hall–Kier alpha value is -1.03. The second-order valence-corrected chi connectivity index (χ2v) is 3.57. The van der Waals surface area contributed by atoms with Gasteiger partial charge in [0.25, 0.3) is 0 Å². The average Bonchev–Trinajstić information content (AvgIpc) is 2.03. The number of hydrogen-bond donors (Lipinski definition) is 0. The van der Waals surface area contributed by atoms with Crippen molar-refractivity contribution in [3.8, 4) is 12.3 Å². The molecule has 1 atom stereocenters. The van der Waals surface area contributed by atoms with Gasteiger partial charge in [0.15, 0.2) is 0 Å². The van der Waals surface area contributed by atoms with Crippen LogP contribution in [0.15, 0.2) is 12.7 Å². The molecule has 0 aromatic rings. The molecule has 0 saturated carbocycles. The zero-order valence-corrected chi connectivity index (χ0v) is 7.84. The number of rotatable bonds is 5. The van der Waals surface area contributed by atoms with Crippen molar-refractivity contribution in [2.24, 2.45) is 11.3 Å². The molecule has 0 heterocycles. The molecule has 0 fully saturated rings. The summed E-state index contributed by atoms with van der Waals surface area (Å²) in [6.45, 7) is 7.79. The number of carbonyl (C=O) groups excluding carboxylic acids is 1. The summed E-state index contributed by atoms with van der Waals surface area (Å²) >= 11 is 0. The van der Waals surface area contributed by atoms with Gasteiger partial charge in [-0.15, -0.1) is 13.0 Å². The van der Waals surface area contributed by atoms with E-state index in [1.165, 1.54) is 0 Å². The molecule has 0 radical (unpaired) electrons. The van der Waals surface area contributed by atoms with Crippen molar-refractivity contribution < 1.29 is 4.79 Å². The number of carbonyl (C=O) groups is 1. The molecule has 1 nitrogen and oxygen atoms in total. The van der Waals surface area contributed by atoms with Crippen LogP contribution < -0.4 is 0 Å². The van der Waals surface area contributed by atoms with Crippen LogP contribution in [-0.2, 0) is 4.79 Å². The third-order valence-electron chi connectivity index (χ3n) is 2.16. The lowest BCUT2D eigenvalue weighted by molar-refractivity contribution is -0.108. The molecule has 66 valence electrons. The van der Waals surface area contributed by atoms with Gasteiger partial charge in [-0.25, -0.2) is 0 Å². The maximum absolute atomic E-state index is 10.2. The van der Waals surface area contributed by atoms with Crippen molar-refractivity contribution >= 4 is 6.29 Å². The summed E-state index contributed by atoms with van der Waals surface area (Å²) in [6.07, 6.45) is 9.41. The standard InChI is InChI=1S/C11H16O/c1-5-10(6-2)11(3,4)8-7-9-12/h1,6,9-10H,2,7-8H2,3-4H3. The summed E-state index contributed by atoms with van der Waals surface area (Å²) in [5.74, 6) is 2.72. The van der Waals surface area contributed by atoms with Gasteiger partial charge in [-0.2, -0.15) is 0 Å². The fraction of sp³-hybridized carbons (Fsp3) is 0.545. The van der Waals surface area contributed by atoms with Gasteiger partial charge >= 0.3 is 0 Å². The zero-order chi connectivity index (χ0) is 9.61. The summed E-state index contributed by atoms with van der Waals surface area (Å²) in [5, 5.41) is 0. The first-order chi connectivity index (χ1) is 5.58. The first kappa shape index (κ1) is 11.0. The van der Waals surface area contributed by atoms with E-state index >= 15 is 0 Å². The molecule has 0 bridgehead atoms. The lowest BCUT2D eigenvalue weighted by Gasteiger charge is -2.27. The molecular formula is C11H16O. The third kappa shape index (κ3) is 2.92. The first-order valence-corrected chi connectivity index (χ1v) is 4.11. The van der Waals surface area contributed by atoms with Crippen LogP contribution in [0.3, 0.4) is 0 Å². The van der Waals surface area contributed by atoms with Crippen LogP contribution in [0, 0.1) is 23.7 Å². The van der Waals surface area contributed by atoms with Crippen molar-refractivity contribution in [1.29, 1.82) is 0 Å². The van der Waals surface area contributed by atoms with Crippen LogP contribution in [0.1, 0.15) is 26.7 Å². The lowest BCUT2D eigenvalue weighted by Crippen LogP contribution is -2.21. The van der Waals surface area contributed by atoms with Crippen LogP contribution in [0.5, 0.6) is 0 Å². The molecule has 0 amide bonds. The maximum Gasteiger partial charge on any atom is 0.120 e. The minimum atomic E-state index is -0.0165. The molecule has 0 spiro atoms. The van der Waals surface area contributed by atoms with Crippen LogP contribution in [0.2, 0.25) is 0 Å². The summed E-state index contributed by atoms with van der Waals surface area (Å²) in [6, 6.07) is 0. The monoisotopic (exact) mass is 164 g/mol. The Balaban J connectivity index is 4.26. The number of hydrogen-bond acceptors (Lipinski definition) is 1. The van der Waals surface area contributed by atoms with Gasteiger partial charge in [0.2, 0.25) is 0 Å². The topological polar surface area (TPSA) is 17.1 Å². The summed E-state index contributed by atoms with van der Waals surface area (Å²) in [7, 11) is 0. The highest BCUT2D eigenvalue weighted by Gasteiger charge is 2.24. The molecular weight excluding hydrogens is 148 g/mol. The predicted octanol–water partition coefficient (Wildman–Crippen LogP) is 2.43. The average molecular weight is 164 g/mol. The smallest absolute Gasteiger partial charge is 0.120 e. The van der Waals surface area contributed by atoms with Crippen LogP contribution >= 0.6 is 0 Å². The Kier molecular flexibility index (Phi) is 4.36. The van der Waals surface area contributed by atoms with Gasteiger partial charge in [-0.1, -0.05) is 25.8 Å². The van der Waals surface area contributed by atoms with E-state index in [0.717, 1.165) is 12.7 Å². The third-order valence-corrected chi connectivity index (χ3v) is 2.16. The molecule has 0 aliphatic carbocycles. The van der Waals surface area contributed by atoms with Gasteiger partial charge in [0.1, 0.15) is 6.29 Å². The Morgan fingerprint density at radius 1 is 1.67 bits per heavy atom. The number of aldehydes is 1. The molecule has 1 unspecified atom stereocenters. The SMILES string of the molecule is C#CC(C=C)C(C)(C)CCC=O. The van der Waals surface area contributed by atoms with Crippen molar-refractivity contribution in [1.82, 2.24) is 0 Å². The number of allylic oxidation sites excluding steroid dienone is 1. The van der Waals surface area contributed by atoms with Gasteiger partial charge in [0.05, 0.1) is 0 Å². The van der Waals surface area contributed by atoms with E-state index in [2.05, 4.69) is 26.3 Å². The van der Waals surface area contributed by atoms with Gasteiger partial charge < -0.3 is 4.79 Å². The van der Waals surface area contributed by atoms with E-state index in [0.29, 0.717) is 6.42 Å². The summed E-state index contributed by atoms with van der Waals surface area (Å²) in [5.41, 5.74) is -0.0165. The Bertz CT molecular complexity index is 196. The largest absolute Gasteiger partial charge is 0.303 e. The minimum absolute atomic E-state index is 0.0165. The Labute approximate surface area is 74.9 Å². The predicted molar refractivity (Wildman–Crippen MR) is 51.6 cm³/mol. The Morgan fingerprint density at radius 3 is 2.58 bits per heavy atom. The van der Waals surface area contributed by atoms with Crippen molar-refractivity contribution in [3.05, 3.63) is 12.7 Å². The molecule has 1 heteroatoms. The van der Waals surface area contributed by atoms with E-state index in [1.54, 1.807) is 6.08 Å². The fourth-order valence-corrected chi connectivity index (χ4v) is 1.20. The van der Waals surface area contributed by atoms with E-state index in [9.17, 15) is 4.79 Å². The Morgan fingerprint density at radius 2 is 2.25 bits per heavy atom. The normalized spacial score (nSPS) is 13.1. The molecule has 0 rings (SSSR count). The highest BCUT2D eigenvalue weighted by atomic mass is 16.1. The van der Waals surface area contributed by atoms with Gasteiger partial charge in [-0.3, -0.25) is 0 Å². The van der Waals surface area contributed by atoms with Gasteiger partial charge in [0, 0.05) is 12.3 Å². The van der Waals surface area contributed by atoms with E-state index < -0.39 is 0 Å². The lowest BCUT2D eigenvalue weighted by atomic mass is 9.76. The van der Waals surface area contributed by atoms with Crippen LogP contribution in [-0.4, -0.2) is 6.29 Å². The van der Waals surface area contributed by atoms with E-state index in [-0.39, 0.29) is 11.3 Å². The van der Waals surface area contributed by atoms with Crippen LogP contribution in [0.4, 0.5) is 0 Å². The summed E-state index contributed by atoms with van der Waals surface area (Å²) in [4.78, 5) is 10.2. The first-order valence-electron chi connectivity index (χ1n) is 4.11. The quantitative estimate of drug-likeness (QED) is 0.346. The zero-order valence-electron chi connectivity index (χ0n) is 7.84. The van der Waals surface area contributed by atoms with Crippen molar-refractivity contribution in [3.63, 3.8) is 0 Å². The highest BCUT2D eigenvalue weighted by molar-refractivity contribution is 5.49. The molecule has 0 aliphatic heterocycles. The fourth-order valence-electron chi connectivity index (χ4n) is 1.20. The highest BCUT2D eigenvalue weighted by Crippen LogP contribution is 2.31. The molecule has 0 aromatic carbocycles.